The van der Waals surface area contributed by atoms with Gasteiger partial charge in [0.15, 0.2) is 0 Å². The van der Waals surface area contributed by atoms with Gasteiger partial charge in [0.05, 0.1) is 5.56 Å². The Labute approximate surface area is 147 Å². The number of hydrogen-bond donors (Lipinski definition) is 1. The molecule has 2 rings (SSSR count). The third-order valence-electron chi connectivity index (χ3n) is 2.66. The molecule has 0 saturated carbocycles. The molecular weight excluding hydrogens is 324 g/mol. The van der Waals surface area contributed by atoms with Crippen molar-refractivity contribution in [3.05, 3.63) is 59.7 Å². The molecule has 2 aromatic rings. The second-order valence-electron chi connectivity index (χ2n) is 4.31. The average molecular weight is 336 g/mol. The minimum atomic E-state index is -4.30. The monoisotopic (exact) mass is 336 g/mol. The molecule has 0 unspecified atom stereocenters. The first-order valence-corrected chi connectivity index (χ1v) is 6.96. The molecule has 0 bridgehead atoms. The molecular formula is C15H12F3LiO3S. The Bertz CT molecular complexity index is 643. The molecule has 0 fully saturated rings. The van der Waals surface area contributed by atoms with Gasteiger partial charge < -0.3 is 9.84 Å². The first kappa shape index (κ1) is 19.5. The Kier molecular flexibility index (Phi) is 7.07. The summed E-state index contributed by atoms with van der Waals surface area (Å²) in [5.74, 6) is -0.539. The average Bonchev–Trinajstić information content (AvgIpc) is 2.45. The molecule has 8 heteroatoms. The fourth-order valence-electron chi connectivity index (χ4n) is 1.65. The predicted molar refractivity (Wildman–Crippen MR) is 83.2 cm³/mol. The number of thioether (sulfide) groups is 1. The Morgan fingerprint density at radius 3 is 2.09 bits per heavy atom. The summed E-state index contributed by atoms with van der Waals surface area (Å²) < 4.78 is 42.0. The van der Waals surface area contributed by atoms with E-state index in [-0.39, 0.29) is 47.7 Å². The van der Waals surface area contributed by atoms with E-state index in [1.165, 1.54) is 36.4 Å². The van der Waals surface area contributed by atoms with Crippen molar-refractivity contribution in [2.45, 2.75) is 17.0 Å². The molecule has 0 aromatic heterocycles. The number of halogens is 3. The quantitative estimate of drug-likeness (QED) is 0.664. The molecule has 0 atom stereocenters. The number of aromatic carboxylic acids is 1. The van der Waals surface area contributed by atoms with E-state index < -0.39 is 11.5 Å². The Morgan fingerprint density at radius 2 is 1.61 bits per heavy atom. The summed E-state index contributed by atoms with van der Waals surface area (Å²) in [7, 11) is 0. The molecule has 118 valence electrons. The van der Waals surface area contributed by atoms with Crippen molar-refractivity contribution >= 4 is 36.6 Å². The van der Waals surface area contributed by atoms with Gasteiger partial charge in [0.25, 0.3) is 0 Å². The maximum atomic E-state index is 12.2. The van der Waals surface area contributed by atoms with Crippen LogP contribution in [0.2, 0.25) is 0 Å². The van der Waals surface area contributed by atoms with Gasteiger partial charge in [-0.25, -0.2) is 4.79 Å². The second-order valence-corrected chi connectivity index (χ2v) is 5.45. The number of ether oxygens (including phenoxy) is 1. The number of carboxylic acids is 1. The van der Waals surface area contributed by atoms with Crippen LogP contribution in [-0.4, -0.2) is 35.4 Å². The number of carbonyl (C=O) groups is 1. The number of rotatable bonds is 5. The van der Waals surface area contributed by atoms with E-state index in [4.69, 9.17) is 9.84 Å². The second kappa shape index (κ2) is 8.34. The molecule has 3 nitrogen and oxygen atoms in total. The van der Waals surface area contributed by atoms with E-state index in [1.807, 2.05) is 0 Å². The van der Waals surface area contributed by atoms with Crippen molar-refractivity contribution in [3.8, 4) is 5.75 Å². The topological polar surface area (TPSA) is 46.5 Å². The van der Waals surface area contributed by atoms with Crippen LogP contribution >= 0.6 is 11.8 Å². The van der Waals surface area contributed by atoms with E-state index in [0.29, 0.717) is 11.3 Å². The molecule has 1 N–H and O–H groups in total. The van der Waals surface area contributed by atoms with Gasteiger partial charge in [0.1, 0.15) is 12.4 Å². The van der Waals surface area contributed by atoms with Crippen molar-refractivity contribution in [2.24, 2.45) is 0 Å². The summed E-state index contributed by atoms with van der Waals surface area (Å²) in [6.45, 7) is 0.184. The summed E-state index contributed by atoms with van der Waals surface area (Å²) in [5, 5.41) is 8.77. The van der Waals surface area contributed by atoms with E-state index in [2.05, 4.69) is 0 Å². The van der Waals surface area contributed by atoms with Crippen molar-refractivity contribution in [1.29, 1.82) is 0 Å². The molecule has 0 spiro atoms. The molecule has 0 saturated heterocycles. The van der Waals surface area contributed by atoms with Crippen LogP contribution in [0.4, 0.5) is 13.2 Å². The summed E-state index contributed by atoms with van der Waals surface area (Å²) in [5.41, 5.74) is -3.43. The van der Waals surface area contributed by atoms with Crippen LogP contribution in [0.5, 0.6) is 5.75 Å². The first-order valence-electron chi connectivity index (χ1n) is 6.14. The van der Waals surface area contributed by atoms with E-state index in [0.717, 1.165) is 0 Å². The zero-order valence-corrected chi connectivity index (χ0v) is 11.9. The zero-order chi connectivity index (χ0) is 16.2. The van der Waals surface area contributed by atoms with Crippen LogP contribution in [0.15, 0.2) is 53.4 Å². The van der Waals surface area contributed by atoms with E-state index in [1.54, 1.807) is 12.1 Å². The number of benzene rings is 2. The van der Waals surface area contributed by atoms with Gasteiger partial charge in [-0.1, -0.05) is 12.1 Å². The normalized spacial score (nSPS) is 10.7. The summed E-state index contributed by atoms with van der Waals surface area (Å²) in [4.78, 5) is 10.8. The van der Waals surface area contributed by atoms with Crippen molar-refractivity contribution in [1.82, 2.24) is 0 Å². The minimum absolute atomic E-state index is 0. The molecule has 0 aliphatic carbocycles. The Hall–Kier alpha value is -1.55. The van der Waals surface area contributed by atoms with Gasteiger partial charge in [-0.3, -0.25) is 0 Å². The van der Waals surface area contributed by atoms with E-state index >= 15 is 0 Å². The first-order chi connectivity index (χ1) is 10.3. The van der Waals surface area contributed by atoms with Crippen molar-refractivity contribution in [3.63, 3.8) is 0 Å². The van der Waals surface area contributed by atoms with Gasteiger partial charge in [0, 0.05) is 4.90 Å². The Morgan fingerprint density at radius 1 is 1.04 bits per heavy atom. The van der Waals surface area contributed by atoms with E-state index in [9.17, 15) is 18.0 Å². The Balaban J connectivity index is 0.00000264. The number of hydrogen-bond acceptors (Lipinski definition) is 3. The van der Waals surface area contributed by atoms with Crippen LogP contribution < -0.4 is 4.74 Å². The summed E-state index contributed by atoms with van der Waals surface area (Å²) in [6, 6.07) is 11.8. The molecule has 0 aliphatic heterocycles. The van der Waals surface area contributed by atoms with Crippen LogP contribution in [0.3, 0.4) is 0 Å². The van der Waals surface area contributed by atoms with Gasteiger partial charge >= 0.3 is 30.3 Å². The zero-order valence-electron chi connectivity index (χ0n) is 11.1. The van der Waals surface area contributed by atoms with Gasteiger partial charge in [-0.2, -0.15) is 13.2 Å². The SMILES string of the molecule is O=C(O)c1ccc(OCc2ccc(SC(F)(F)F)cc2)cc1.[LiH]. The third-order valence-corrected chi connectivity index (χ3v) is 3.40. The molecule has 23 heavy (non-hydrogen) atoms. The number of carboxylic acid groups (broad SMARTS) is 1. The third kappa shape index (κ3) is 6.61. The standard InChI is InChI=1S/C15H11F3O3S.Li.H/c16-15(17,18)22-13-7-1-10(2-8-13)9-21-12-5-3-11(4-6-12)14(19)20;;/h1-8H,9H2,(H,19,20);;. The fraction of sp³-hybridized carbons (Fsp3) is 0.133. The molecule has 0 heterocycles. The summed E-state index contributed by atoms with van der Waals surface area (Å²) >= 11 is -0.168. The predicted octanol–water partition coefficient (Wildman–Crippen LogP) is 3.93. The molecule has 0 aliphatic rings. The molecule has 2 aromatic carbocycles. The van der Waals surface area contributed by atoms with Crippen LogP contribution in [0.25, 0.3) is 0 Å². The van der Waals surface area contributed by atoms with Crippen molar-refractivity contribution in [2.75, 3.05) is 0 Å². The molecule has 0 amide bonds. The van der Waals surface area contributed by atoms with Gasteiger partial charge in [0.2, 0.25) is 0 Å². The summed E-state index contributed by atoms with van der Waals surface area (Å²) in [6.07, 6.45) is 0. The maximum absolute atomic E-state index is 12.2. The van der Waals surface area contributed by atoms with Gasteiger partial charge in [-0.15, -0.1) is 0 Å². The van der Waals surface area contributed by atoms with Crippen LogP contribution in [0.1, 0.15) is 15.9 Å². The van der Waals surface area contributed by atoms with Crippen molar-refractivity contribution < 1.29 is 27.8 Å². The number of alkyl halides is 3. The van der Waals surface area contributed by atoms with Gasteiger partial charge in [-0.05, 0) is 53.7 Å². The molecule has 0 radical (unpaired) electrons. The fourth-order valence-corrected chi connectivity index (χ4v) is 2.19. The van der Waals surface area contributed by atoms with Crippen LogP contribution in [-0.2, 0) is 6.61 Å². The van der Waals surface area contributed by atoms with Crippen LogP contribution in [0, 0.1) is 0 Å².